The Bertz CT molecular complexity index is 342. The van der Waals surface area contributed by atoms with Gasteiger partial charge in [-0.15, -0.1) is 5.10 Å². The van der Waals surface area contributed by atoms with Gasteiger partial charge in [-0.1, -0.05) is 0 Å². The van der Waals surface area contributed by atoms with Gasteiger partial charge in [-0.05, 0) is 30.7 Å². The minimum Gasteiger partial charge on any atom is -0.297 e. The maximum Gasteiger partial charge on any atom is 0.160 e. The van der Waals surface area contributed by atoms with E-state index in [0.717, 1.165) is 18.7 Å². The average molecular weight is 180 g/mol. The van der Waals surface area contributed by atoms with Crippen molar-refractivity contribution in [2.75, 3.05) is 0 Å². The molecule has 1 aromatic heterocycles. The molecule has 0 saturated carbocycles. The maximum absolute atomic E-state index is 11.7. The molecule has 1 aliphatic heterocycles. The third-order valence-electron chi connectivity index (χ3n) is 2.55. The van der Waals surface area contributed by atoms with E-state index in [4.69, 9.17) is 0 Å². The smallest absolute Gasteiger partial charge is 0.160 e. The maximum atomic E-state index is 11.7. The van der Waals surface area contributed by atoms with Gasteiger partial charge in [0.2, 0.25) is 0 Å². The van der Waals surface area contributed by atoms with E-state index in [1.165, 1.54) is 0 Å². The van der Waals surface area contributed by atoms with E-state index >= 15 is 0 Å². The standard InChI is InChI=1S/C8H12N4O/c1-8(2)6(13)4-3-5-7-9-10-11-12(7)8/h3-5H2,1-2H3. The van der Waals surface area contributed by atoms with E-state index in [1.807, 2.05) is 13.8 Å². The van der Waals surface area contributed by atoms with E-state index in [9.17, 15) is 4.79 Å². The van der Waals surface area contributed by atoms with Crippen molar-refractivity contribution in [1.82, 2.24) is 20.2 Å². The molecule has 0 radical (unpaired) electrons. The summed E-state index contributed by atoms with van der Waals surface area (Å²) in [5, 5.41) is 11.3. The third-order valence-corrected chi connectivity index (χ3v) is 2.55. The molecule has 13 heavy (non-hydrogen) atoms. The second-order valence-corrected chi connectivity index (χ2v) is 3.84. The van der Waals surface area contributed by atoms with E-state index < -0.39 is 5.54 Å². The second-order valence-electron chi connectivity index (χ2n) is 3.84. The summed E-state index contributed by atoms with van der Waals surface area (Å²) < 4.78 is 1.64. The second kappa shape index (κ2) is 2.61. The first-order valence-corrected chi connectivity index (χ1v) is 4.43. The van der Waals surface area contributed by atoms with Crippen molar-refractivity contribution in [3.8, 4) is 0 Å². The van der Waals surface area contributed by atoms with Gasteiger partial charge < -0.3 is 0 Å². The summed E-state index contributed by atoms with van der Waals surface area (Å²) in [5.74, 6) is 1.02. The fourth-order valence-corrected chi connectivity index (χ4v) is 1.63. The van der Waals surface area contributed by atoms with E-state index in [-0.39, 0.29) is 5.78 Å². The van der Waals surface area contributed by atoms with Crippen LogP contribution in [0, 0.1) is 0 Å². The fraction of sp³-hybridized carbons (Fsp3) is 0.750. The lowest BCUT2D eigenvalue weighted by Gasteiger charge is -2.21. The van der Waals surface area contributed by atoms with Crippen LogP contribution in [0.3, 0.4) is 0 Å². The fourth-order valence-electron chi connectivity index (χ4n) is 1.63. The molecule has 0 saturated heterocycles. The number of nitrogens with zero attached hydrogens (tertiary/aromatic N) is 4. The summed E-state index contributed by atoms with van der Waals surface area (Å²) in [4.78, 5) is 11.7. The summed E-state index contributed by atoms with van der Waals surface area (Å²) in [6.45, 7) is 3.72. The molecule has 0 atom stereocenters. The highest BCUT2D eigenvalue weighted by Gasteiger charge is 2.34. The zero-order valence-electron chi connectivity index (χ0n) is 7.82. The Hall–Kier alpha value is -1.26. The predicted molar refractivity (Wildman–Crippen MR) is 45.1 cm³/mol. The van der Waals surface area contributed by atoms with Crippen LogP contribution in [0.1, 0.15) is 32.5 Å². The number of hydrogen-bond acceptors (Lipinski definition) is 4. The number of tetrazole rings is 1. The van der Waals surface area contributed by atoms with E-state index in [2.05, 4.69) is 15.5 Å². The van der Waals surface area contributed by atoms with Gasteiger partial charge in [0.1, 0.15) is 5.54 Å². The van der Waals surface area contributed by atoms with Crippen LogP contribution in [0.4, 0.5) is 0 Å². The Kier molecular flexibility index (Phi) is 1.68. The Morgan fingerprint density at radius 1 is 1.38 bits per heavy atom. The first-order valence-electron chi connectivity index (χ1n) is 4.43. The number of hydrogen-bond donors (Lipinski definition) is 0. The lowest BCUT2D eigenvalue weighted by molar-refractivity contribution is -0.126. The molecule has 0 bridgehead atoms. The Balaban J connectivity index is 2.52. The van der Waals surface area contributed by atoms with Crippen LogP contribution >= 0.6 is 0 Å². The van der Waals surface area contributed by atoms with Crippen molar-refractivity contribution in [3.63, 3.8) is 0 Å². The van der Waals surface area contributed by atoms with Crippen molar-refractivity contribution < 1.29 is 4.79 Å². The number of carbonyl (C=O) groups excluding carboxylic acids is 1. The van der Waals surface area contributed by atoms with Gasteiger partial charge in [-0.2, -0.15) is 0 Å². The predicted octanol–water partition coefficient (Wildman–Crippen LogP) is 0.314. The summed E-state index contributed by atoms with van der Waals surface area (Å²) in [6, 6.07) is 0. The molecule has 5 heteroatoms. The minimum absolute atomic E-state index is 0.207. The molecule has 0 aromatic carbocycles. The molecule has 70 valence electrons. The van der Waals surface area contributed by atoms with Crippen molar-refractivity contribution >= 4 is 5.78 Å². The molecule has 0 spiro atoms. The van der Waals surface area contributed by atoms with Crippen molar-refractivity contribution in [1.29, 1.82) is 0 Å². The van der Waals surface area contributed by atoms with E-state index in [1.54, 1.807) is 4.68 Å². The van der Waals surface area contributed by atoms with Gasteiger partial charge in [-0.25, -0.2) is 4.68 Å². The largest absolute Gasteiger partial charge is 0.297 e. The monoisotopic (exact) mass is 180 g/mol. The topological polar surface area (TPSA) is 60.7 Å². The van der Waals surface area contributed by atoms with Crippen LogP contribution in [0.2, 0.25) is 0 Å². The molecule has 1 aromatic rings. The van der Waals surface area contributed by atoms with Gasteiger partial charge >= 0.3 is 0 Å². The molecule has 2 rings (SSSR count). The van der Waals surface area contributed by atoms with Gasteiger partial charge in [0.15, 0.2) is 11.6 Å². The quantitative estimate of drug-likeness (QED) is 0.576. The molecule has 1 aliphatic rings. The summed E-state index contributed by atoms with van der Waals surface area (Å²) in [7, 11) is 0. The first kappa shape index (κ1) is 8.34. The Labute approximate surface area is 76.1 Å². The van der Waals surface area contributed by atoms with E-state index in [0.29, 0.717) is 6.42 Å². The highest BCUT2D eigenvalue weighted by Crippen LogP contribution is 2.23. The number of ketones is 1. The number of rotatable bonds is 0. The molecule has 0 N–H and O–H groups in total. The minimum atomic E-state index is -0.574. The number of Topliss-reactive ketones (excluding diaryl/α,β-unsaturated/α-hetero) is 1. The highest BCUT2D eigenvalue weighted by atomic mass is 16.1. The molecule has 0 aliphatic carbocycles. The molecule has 2 heterocycles. The average Bonchev–Trinajstić information content (AvgIpc) is 2.49. The van der Waals surface area contributed by atoms with Gasteiger partial charge in [0.25, 0.3) is 0 Å². The molecule has 0 unspecified atom stereocenters. The van der Waals surface area contributed by atoms with Crippen molar-refractivity contribution in [2.24, 2.45) is 0 Å². The summed E-state index contributed by atoms with van der Waals surface area (Å²) in [5.41, 5.74) is -0.574. The molecule has 5 nitrogen and oxygen atoms in total. The molecular weight excluding hydrogens is 168 g/mol. The van der Waals surface area contributed by atoms with Gasteiger partial charge in [-0.3, -0.25) is 4.79 Å². The van der Waals surface area contributed by atoms with Crippen molar-refractivity contribution in [2.45, 2.75) is 38.6 Å². The molecular formula is C8H12N4O. The summed E-state index contributed by atoms with van der Waals surface area (Å²) >= 11 is 0. The normalized spacial score (nSPS) is 20.9. The van der Waals surface area contributed by atoms with Crippen LogP contribution < -0.4 is 0 Å². The van der Waals surface area contributed by atoms with Gasteiger partial charge in [0.05, 0.1) is 0 Å². The number of carbonyl (C=O) groups is 1. The Morgan fingerprint density at radius 2 is 2.15 bits per heavy atom. The van der Waals surface area contributed by atoms with Gasteiger partial charge in [0, 0.05) is 12.8 Å². The molecule has 0 amide bonds. The van der Waals surface area contributed by atoms with Crippen LogP contribution in [0.15, 0.2) is 0 Å². The zero-order chi connectivity index (χ0) is 9.47. The van der Waals surface area contributed by atoms with Crippen LogP contribution in [-0.2, 0) is 16.8 Å². The lowest BCUT2D eigenvalue weighted by atomic mass is 9.97. The zero-order valence-corrected chi connectivity index (χ0v) is 7.82. The Morgan fingerprint density at radius 3 is 2.92 bits per heavy atom. The third kappa shape index (κ3) is 1.15. The highest BCUT2D eigenvalue weighted by molar-refractivity contribution is 5.85. The number of aryl methyl sites for hydroxylation is 1. The van der Waals surface area contributed by atoms with Crippen LogP contribution in [0.25, 0.3) is 0 Å². The number of fused-ring (bicyclic) bond motifs is 1. The lowest BCUT2D eigenvalue weighted by Crippen LogP contribution is -2.36. The molecule has 0 fully saturated rings. The first-order chi connectivity index (χ1) is 6.12. The van der Waals surface area contributed by atoms with Crippen molar-refractivity contribution in [3.05, 3.63) is 5.82 Å². The van der Waals surface area contributed by atoms with Crippen LogP contribution in [0.5, 0.6) is 0 Å². The summed E-state index contributed by atoms with van der Waals surface area (Å²) in [6.07, 6.45) is 2.25. The van der Waals surface area contributed by atoms with Crippen LogP contribution in [-0.4, -0.2) is 26.0 Å². The SMILES string of the molecule is CC1(C)C(=O)CCCc2nnnn21. The number of aromatic nitrogens is 4.